The minimum atomic E-state index is -3.87. The number of nitrogens with one attached hydrogen (secondary N) is 1. The van der Waals surface area contributed by atoms with E-state index in [1.165, 1.54) is 19.2 Å². The number of nitrogen functional groups attached to an aromatic ring is 1. The van der Waals surface area contributed by atoms with E-state index in [1.54, 1.807) is 0 Å². The molecule has 0 aliphatic carbocycles. The molecule has 0 spiro atoms. The number of nitrogens with two attached hydrogens (primary N) is 1. The van der Waals surface area contributed by atoms with Crippen LogP contribution in [-0.4, -0.2) is 39.9 Å². The molecule has 0 aliphatic heterocycles. The molecule has 1 unspecified atom stereocenters. The number of hydrogen-bond donors (Lipinski definition) is 3. The van der Waals surface area contributed by atoms with Crippen molar-refractivity contribution in [3.8, 4) is 0 Å². The van der Waals surface area contributed by atoms with E-state index in [-0.39, 0.29) is 33.3 Å². The molecule has 0 aliphatic rings. The van der Waals surface area contributed by atoms with Crippen molar-refractivity contribution in [2.24, 2.45) is 0 Å². The van der Waals surface area contributed by atoms with Crippen LogP contribution in [-0.2, 0) is 14.8 Å². The average Bonchev–Trinajstić information content (AvgIpc) is 2.32. The van der Waals surface area contributed by atoms with Gasteiger partial charge in [-0.1, -0.05) is 11.6 Å². The topological polar surface area (TPSA) is 102 Å². The predicted molar refractivity (Wildman–Crippen MR) is 76.6 cm³/mol. The van der Waals surface area contributed by atoms with Crippen molar-refractivity contribution >= 4 is 43.2 Å². The fourth-order valence-corrected chi connectivity index (χ4v) is 3.89. The van der Waals surface area contributed by atoms with E-state index in [1.807, 2.05) is 0 Å². The molecular formula is C10H14BrClN2O4S. The van der Waals surface area contributed by atoms with E-state index in [2.05, 4.69) is 20.7 Å². The molecule has 9 heteroatoms. The van der Waals surface area contributed by atoms with Crippen molar-refractivity contribution in [2.45, 2.75) is 10.9 Å². The van der Waals surface area contributed by atoms with Gasteiger partial charge in [0.05, 0.1) is 28.6 Å². The molecule has 4 N–H and O–H groups in total. The summed E-state index contributed by atoms with van der Waals surface area (Å²) in [7, 11) is -2.46. The molecule has 0 saturated heterocycles. The number of halogens is 2. The number of rotatable bonds is 6. The summed E-state index contributed by atoms with van der Waals surface area (Å²) in [5.74, 6) is 0. The second-order valence-electron chi connectivity index (χ2n) is 3.76. The summed E-state index contributed by atoms with van der Waals surface area (Å²) in [5.41, 5.74) is 5.85. The highest BCUT2D eigenvalue weighted by Crippen LogP contribution is 2.31. The fourth-order valence-electron chi connectivity index (χ4n) is 1.39. The van der Waals surface area contributed by atoms with Crippen molar-refractivity contribution in [3.63, 3.8) is 0 Å². The molecule has 19 heavy (non-hydrogen) atoms. The van der Waals surface area contributed by atoms with Gasteiger partial charge < -0.3 is 15.6 Å². The van der Waals surface area contributed by atoms with Gasteiger partial charge in [0, 0.05) is 17.8 Å². The molecule has 1 aromatic rings. The van der Waals surface area contributed by atoms with Gasteiger partial charge in [0.15, 0.2) is 0 Å². The molecule has 0 fully saturated rings. The Labute approximate surface area is 125 Å². The zero-order valence-corrected chi connectivity index (χ0v) is 13.2. The maximum atomic E-state index is 12.2. The number of aliphatic hydroxyl groups is 1. The standard InChI is InChI=1S/C10H14BrClN2O4S/c1-18-5-7(4-15)14-19(16,17)9-3-6(12)2-8(13)10(9)11/h2-3,7,14-15H,4-5,13H2,1H3. The molecule has 108 valence electrons. The van der Waals surface area contributed by atoms with Crippen LogP contribution in [0.25, 0.3) is 0 Å². The third kappa shape index (κ3) is 4.30. The molecule has 0 heterocycles. The summed E-state index contributed by atoms with van der Waals surface area (Å²) in [5, 5.41) is 9.28. The van der Waals surface area contributed by atoms with E-state index >= 15 is 0 Å². The van der Waals surface area contributed by atoms with E-state index in [0.29, 0.717) is 0 Å². The third-order valence-corrected chi connectivity index (χ3v) is 5.14. The first kappa shape index (κ1) is 16.7. The quantitative estimate of drug-likeness (QED) is 0.645. The number of methoxy groups -OCH3 is 1. The maximum absolute atomic E-state index is 12.2. The van der Waals surface area contributed by atoms with Crippen molar-refractivity contribution in [2.75, 3.05) is 26.1 Å². The van der Waals surface area contributed by atoms with Crippen molar-refractivity contribution in [3.05, 3.63) is 21.6 Å². The van der Waals surface area contributed by atoms with Crippen molar-refractivity contribution < 1.29 is 18.3 Å². The molecule has 0 amide bonds. The summed E-state index contributed by atoms with van der Waals surface area (Å²) in [6.07, 6.45) is 0. The number of sulfonamides is 1. The average molecular weight is 374 g/mol. The Balaban J connectivity index is 3.13. The Kier molecular flexibility index (Phi) is 6.03. The van der Waals surface area contributed by atoms with E-state index in [9.17, 15) is 8.42 Å². The first-order valence-corrected chi connectivity index (χ1v) is 7.84. The lowest BCUT2D eigenvalue weighted by Gasteiger charge is -2.16. The molecule has 0 saturated carbocycles. The van der Waals surface area contributed by atoms with Gasteiger partial charge in [0.1, 0.15) is 0 Å². The summed E-state index contributed by atoms with van der Waals surface area (Å²) in [6, 6.07) is 1.96. The number of benzene rings is 1. The van der Waals surface area contributed by atoms with Gasteiger partial charge in [-0.25, -0.2) is 13.1 Å². The van der Waals surface area contributed by atoms with Crippen molar-refractivity contribution in [1.29, 1.82) is 0 Å². The fraction of sp³-hybridized carbons (Fsp3) is 0.400. The highest BCUT2D eigenvalue weighted by molar-refractivity contribution is 9.10. The van der Waals surface area contributed by atoms with Gasteiger partial charge >= 0.3 is 0 Å². The summed E-state index contributed by atoms with van der Waals surface area (Å²) < 4.78 is 31.7. The molecule has 1 aromatic carbocycles. The number of ether oxygens (including phenoxy) is 1. The zero-order chi connectivity index (χ0) is 14.6. The smallest absolute Gasteiger partial charge is 0.242 e. The van der Waals surface area contributed by atoms with Gasteiger partial charge in [0.25, 0.3) is 0 Å². The predicted octanol–water partition coefficient (Wildman–Crippen LogP) is 0.970. The van der Waals surface area contributed by atoms with Gasteiger partial charge in [0.2, 0.25) is 10.0 Å². The third-order valence-electron chi connectivity index (χ3n) is 2.23. The molecule has 0 bridgehead atoms. The zero-order valence-electron chi connectivity index (χ0n) is 10.1. The Bertz CT molecular complexity index is 553. The van der Waals surface area contributed by atoms with E-state index in [0.717, 1.165) is 0 Å². The van der Waals surface area contributed by atoms with Gasteiger partial charge in [-0.15, -0.1) is 0 Å². The minimum absolute atomic E-state index is 0.0450. The molecule has 1 rings (SSSR count). The second-order valence-corrected chi connectivity index (χ2v) is 6.68. The molecule has 0 radical (unpaired) electrons. The number of hydrogen-bond acceptors (Lipinski definition) is 5. The molecular weight excluding hydrogens is 360 g/mol. The highest BCUT2D eigenvalue weighted by Gasteiger charge is 2.23. The van der Waals surface area contributed by atoms with Crippen LogP contribution in [0.4, 0.5) is 5.69 Å². The van der Waals surface area contributed by atoms with Crippen LogP contribution < -0.4 is 10.5 Å². The highest BCUT2D eigenvalue weighted by atomic mass is 79.9. The Morgan fingerprint density at radius 1 is 1.58 bits per heavy atom. The lowest BCUT2D eigenvalue weighted by atomic mass is 10.3. The largest absolute Gasteiger partial charge is 0.398 e. The van der Waals surface area contributed by atoms with Crippen LogP contribution in [0.2, 0.25) is 5.02 Å². The van der Waals surface area contributed by atoms with Crippen LogP contribution in [0.1, 0.15) is 0 Å². The van der Waals surface area contributed by atoms with Crippen LogP contribution >= 0.6 is 27.5 Å². The summed E-state index contributed by atoms with van der Waals surface area (Å²) in [4.78, 5) is -0.0907. The lowest BCUT2D eigenvalue weighted by Crippen LogP contribution is -2.40. The lowest BCUT2D eigenvalue weighted by molar-refractivity contribution is 0.139. The minimum Gasteiger partial charge on any atom is -0.398 e. The van der Waals surface area contributed by atoms with Crippen LogP contribution in [0, 0.1) is 0 Å². The Morgan fingerprint density at radius 2 is 2.21 bits per heavy atom. The molecule has 6 nitrogen and oxygen atoms in total. The van der Waals surface area contributed by atoms with Gasteiger partial charge in [-0.3, -0.25) is 0 Å². The van der Waals surface area contributed by atoms with Gasteiger partial charge in [-0.05, 0) is 28.1 Å². The number of aliphatic hydroxyl groups excluding tert-OH is 1. The van der Waals surface area contributed by atoms with Crippen LogP contribution in [0.15, 0.2) is 21.5 Å². The first-order valence-electron chi connectivity index (χ1n) is 5.18. The van der Waals surface area contributed by atoms with E-state index in [4.69, 9.17) is 27.2 Å². The second kappa shape index (κ2) is 6.87. The van der Waals surface area contributed by atoms with Gasteiger partial charge in [-0.2, -0.15) is 0 Å². The summed E-state index contributed by atoms with van der Waals surface area (Å²) in [6.45, 7) is -0.343. The Morgan fingerprint density at radius 3 is 2.74 bits per heavy atom. The van der Waals surface area contributed by atoms with Crippen LogP contribution in [0.5, 0.6) is 0 Å². The maximum Gasteiger partial charge on any atom is 0.242 e. The Hall–Kier alpha value is -0.380. The normalized spacial score (nSPS) is 13.5. The first-order chi connectivity index (χ1) is 8.81. The van der Waals surface area contributed by atoms with Crippen LogP contribution in [0.3, 0.4) is 0 Å². The SMILES string of the molecule is COCC(CO)NS(=O)(=O)c1cc(Cl)cc(N)c1Br. The molecule has 0 aromatic heterocycles. The van der Waals surface area contributed by atoms with E-state index < -0.39 is 16.1 Å². The number of anilines is 1. The van der Waals surface area contributed by atoms with Crippen molar-refractivity contribution in [1.82, 2.24) is 4.72 Å². The monoisotopic (exact) mass is 372 g/mol. The molecule has 1 atom stereocenters. The summed E-state index contributed by atoms with van der Waals surface area (Å²) >= 11 is 8.90.